The lowest BCUT2D eigenvalue weighted by atomic mass is 10.2. The van der Waals surface area contributed by atoms with E-state index in [9.17, 15) is 0 Å². The van der Waals surface area contributed by atoms with E-state index in [4.69, 9.17) is 4.74 Å². The Bertz CT molecular complexity index is 584. The van der Waals surface area contributed by atoms with E-state index in [1.165, 1.54) is 36.6 Å². The van der Waals surface area contributed by atoms with Gasteiger partial charge in [0.1, 0.15) is 5.75 Å². The van der Waals surface area contributed by atoms with Gasteiger partial charge in [-0.25, -0.2) is 0 Å². The summed E-state index contributed by atoms with van der Waals surface area (Å²) in [6, 6.07) is 9.34. The number of aromatic nitrogens is 1. The molecule has 1 N–H and O–H groups in total. The lowest BCUT2D eigenvalue weighted by molar-refractivity contribution is 0.245. The second kappa shape index (κ2) is 6.52. The van der Waals surface area contributed by atoms with Crippen LogP contribution in [-0.2, 0) is 6.54 Å². The first-order chi connectivity index (χ1) is 10.2. The largest absolute Gasteiger partial charge is 0.490 e. The quantitative estimate of drug-likeness (QED) is 0.743. The summed E-state index contributed by atoms with van der Waals surface area (Å²) < 4.78 is 8.24. The van der Waals surface area contributed by atoms with E-state index >= 15 is 0 Å². The molecule has 0 unspecified atom stereocenters. The number of fused-ring (bicyclic) bond motifs is 1. The zero-order valence-electron chi connectivity index (χ0n) is 13.1. The molecular weight excluding hydrogens is 260 g/mol. The molecule has 1 aliphatic carbocycles. The number of nitrogens with one attached hydrogen (secondary N) is 1. The van der Waals surface area contributed by atoms with E-state index in [2.05, 4.69) is 54.2 Å². The number of rotatable bonds is 8. The van der Waals surface area contributed by atoms with Crippen molar-refractivity contribution in [3.8, 4) is 5.75 Å². The summed E-state index contributed by atoms with van der Waals surface area (Å²) in [5.41, 5.74) is 1.28. The summed E-state index contributed by atoms with van der Waals surface area (Å²) in [5, 5.41) is 4.80. The summed E-state index contributed by atoms with van der Waals surface area (Å²) in [7, 11) is 0. The van der Waals surface area contributed by atoms with Crippen molar-refractivity contribution in [2.45, 2.75) is 58.2 Å². The predicted octanol–water partition coefficient (Wildman–Crippen LogP) is 3.96. The third-order valence-corrected chi connectivity index (χ3v) is 3.97. The van der Waals surface area contributed by atoms with Crippen molar-refractivity contribution in [1.82, 2.24) is 9.88 Å². The van der Waals surface area contributed by atoms with Crippen LogP contribution in [0.3, 0.4) is 0 Å². The van der Waals surface area contributed by atoms with Gasteiger partial charge in [0, 0.05) is 24.2 Å². The molecule has 2 aromatic rings. The summed E-state index contributed by atoms with van der Waals surface area (Å²) in [6.45, 7) is 6.39. The van der Waals surface area contributed by atoms with Crippen molar-refractivity contribution >= 4 is 10.9 Å². The predicted molar refractivity (Wildman–Crippen MR) is 88.0 cm³/mol. The van der Waals surface area contributed by atoms with Gasteiger partial charge in [-0.15, -0.1) is 0 Å². The Balaban J connectivity index is 1.59. The molecule has 0 radical (unpaired) electrons. The minimum atomic E-state index is 0.215. The van der Waals surface area contributed by atoms with Crippen molar-refractivity contribution in [3.05, 3.63) is 30.5 Å². The number of nitrogens with zero attached hydrogens (tertiary/aromatic N) is 1. The number of benzene rings is 1. The van der Waals surface area contributed by atoms with Gasteiger partial charge >= 0.3 is 0 Å². The van der Waals surface area contributed by atoms with Crippen LogP contribution in [0.5, 0.6) is 5.75 Å². The molecule has 1 aliphatic rings. The monoisotopic (exact) mass is 286 g/mol. The number of ether oxygens (including phenoxy) is 1. The average Bonchev–Trinajstić information content (AvgIpc) is 3.18. The van der Waals surface area contributed by atoms with Gasteiger partial charge in [0.05, 0.1) is 11.6 Å². The average molecular weight is 286 g/mol. The van der Waals surface area contributed by atoms with Crippen LogP contribution in [0.1, 0.15) is 39.5 Å². The Kier molecular flexibility index (Phi) is 4.49. The van der Waals surface area contributed by atoms with Crippen LogP contribution in [0.15, 0.2) is 30.5 Å². The lowest BCUT2D eigenvalue weighted by Crippen LogP contribution is -2.17. The van der Waals surface area contributed by atoms with Crippen LogP contribution in [-0.4, -0.2) is 23.3 Å². The molecule has 0 bridgehead atoms. The van der Waals surface area contributed by atoms with E-state index < -0.39 is 0 Å². The van der Waals surface area contributed by atoms with Crippen LogP contribution in [0, 0.1) is 0 Å². The van der Waals surface area contributed by atoms with Gasteiger partial charge in [-0.3, -0.25) is 0 Å². The Morgan fingerprint density at radius 1 is 1.24 bits per heavy atom. The highest BCUT2D eigenvalue weighted by Gasteiger charge is 2.19. The van der Waals surface area contributed by atoms with Crippen molar-refractivity contribution < 1.29 is 4.74 Å². The lowest BCUT2D eigenvalue weighted by Gasteiger charge is -2.11. The standard InChI is InChI=1S/C18H26N2O/c1-14(2)21-18-7-5-6-17-16(18)10-13-20(17)12-4-3-11-19-15-8-9-15/h5-7,10,13-15,19H,3-4,8-9,11-12H2,1-2H3. The number of unbranched alkanes of at least 4 members (excludes halogenated alkanes) is 1. The number of hydrogen-bond acceptors (Lipinski definition) is 2. The maximum Gasteiger partial charge on any atom is 0.129 e. The number of hydrogen-bond donors (Lipinski definition) is 1. The van der Waals surface area contributed by atoms with Gasteiger partial charge in [-0.05, 0) is 64.3 Å². The Morgan fingerprint density at radius 2 is 2.10 bits per heavy atom. The molecule has 114 valence electrons. The fourth-order valence-electron chi connectivity index (χ4n) is 2.75. The van der Waals surface area contributed by atoms with E-state index in [0.717, 1.165) is 24.9 Å². The maximum absolute atomic E-state index is 5.89. The van der Waals surface area contributed by atoms with Crippen LogP contribution >= 0.6 is 0 Å². The topological polar surface area (TPSA) is 26.2 Å². The summed E-state index contributed by atoms with van der Waals surface area (Å²) >= 11 is 0. The Hall–Kier alpha value is -1.48. The molecule has 0 saturated heterocycles. The normalized spacial score (nSPS) is 15.0. The van der Waals surface area contributed by atoms with Gasteiger partial charge in [-0.2, -0.15) is 0 Å². The smallest absolute Gasteiger partial charge is 0.129 e. The van der Waals surface area contributed by atoms with E-state index in [1.807, 2.05) is 0 Å². The minimum Gasteiger partial charge on any atom is -0.490 e. The van der Waals surface area contributed by atoms with Crippen LogP contribution < -0.4 is 10.1 Å². The third-order valence-electron chi connectivity index (χ3n) is 3.97. The Morgan fingerprint density at radius 3 is 2.86 bits per heavy atom. The van der Waals surface area contributed by atoms with Gasteiger partial charge in [0.2, 0.25) is 0 Å². The third kappa shape index (κ3) is 3.79. The molecule has 1 heterocycles. The first-order valence-electron chi connectivity index (χ1n) is 8.22. The molecule has 21 heavy (non-hydrogen) atoms. The molecule has 1 fully saturated rings. The molecule has 1 aromatic carbocycles. The molecule has 0 amide bonds. The highest BCUT2D eigenvalue weighted by atomic mass is 16.5. The van der Waals surface area contributed by atoms with Crippen molar-refractivity contribution in [1.29, 1.82) is 0 Å². The van der Waals surface area contributed by atoms with Gasteiger partial charge in [0.25, 0.3) is 0 Å². The fraction of sp³-hybridized carbons (Fsp3) is 0.556. The second-order valence-electron chi connectivity index (χ2n) is 6.30. The Labute approximate surface area is 127 Å². The SMILES string of the molecule is CC(C)Oc1cccc2c1ccn2CCCCNC1CC1. The molecule has 3 rings (SSSR count). The number of aryl methyl sites for hydroxylation is 1. The highest BCUT2D eigenvalue weighted by molar-refractivity contribution is 5.86. The molecule has 1 saturated carbocycles. The molecule has 0 aliphatic heterocycles. The molecule has 3 nitrogen and oxygen atoms in total. The van der Waals surface area contributed by atoms with Crippen LogP contribution in [0.25, 0.3) is 10.9 Å². The van der Waals surface area contributed by atoms with Crippen molar-refractivity contribution in [2.75, 3.05) is 6.54 Å². The molecule has 3 heteroatoms. The fourth-order valence-corrected chi connectivity index (χ4v) is 2.75. The van der Waals surface area contributed by atoms with Crippen molar-refractivity contribution in [2.24, 2.45) is 0 Å². The summed E-state index contributed by atoms with van der Waals surface area (Å²) in [5.74, 6) is 0.997. The molecule has 0 atom stereocenters. The minimum absolute atomic E-state index is 0.215. The second-order valence-corrected chi connectivity index (χ2v) is 6.30. The van der Waals surface area contributed by atoms with Crippen molar-refractivity contribution in [3.63, 3.8) is 0 Å². The van der Waals surface area contributed by atoms with Crippen LogP contribution in [0.4, 0.5) is 0 Å². The van der Waals surface area contributed by atoms with Gasteiger partial charge in [0.15, 0.2) is 0 Å². The summed E-state index contributed by atoms with van der Waals surface area (Å²) in [6.07, 6.45) is 7.62. The highest BCUT2D eigenvalue weighted by Crippen LogP contribution is 2.27. The van der Waals surface area contributed by atoms with E-state index in [1.54, 1.807) is 0 Å². The molecule has 0 spiro atoms. The van der Waals surface area contributed by atoms with E-state index in [0.29, 0.717) is 0 Å². The van der Waals surface area contributed by atoms with E-state index in [-0.39, 0.29) is 6.10 Å². The van der Waals surface area contributed by atoms with Crippen LogP contribution in [0.2, 0.25) is 0 Å². The van der Waals surface area contributed by atoms with Gasteiger partial charge < -0.3 is 14.6 Å². The van der Waals surface area contributed by atoms with Gasteiger partial charge in [-0.1, -0.05) is 6.07 Å². The molecule has 1 aromatic heterocycles. The maximum atomic E-state index is 5.89. The summed E-state index contributed by atoms with van der Waals surface area (Å²) in [4.78, 5) is 0. The first kappa shape index (κ1) is 14.5. The zero-order chi connectivity index (χ0) is 14.7. The first-order valence-corrected chi connectivity index (χ1v) is 8.22. The molecular formula is C18H26N2O. The zero-order valence-corrected chi connectivity index (χ0v) is 13.1.